The Morgan fingerprint density at radius 3 is 3.17 bits per heavy atom. The van der Waals surface area contributed by atoms with Gasteiger partial charge in [-0.25, -0.2) is 9.97 Å². The second kappa shape index (κ2) is 4.31. The van der Waals surface area contributed by atoms with Gasteiger partial charge in [0.05, 0.1) is 0 Å². The van der Waals surface area contributed by atoms with E-state index in [1.807, 2.05) is 0 Å². The highest BCUT2D eigenvalue weighted by atomic mass is 16.5. The van der Waals surface area contributed by atoms with Gasteiger partial charge in [0, 0.05) is 13.3 Å². The van der Waals surface area contributed by atoms with Crippen LogP contribution in [0.15, 0.2) is 12.3 Å². The molecule has 2 N–H and O–H groups in total. The molecule has 1 aromatic heterocycles. The van der Waals surface area contributed by atoms with Crippen LogP contribution in [0.4, 0.5) is 5.95 Å². The molecule has 0 saturated carbocycles. The summed E-state index contributed by atoms with van der Waals surface area (Å²) in [5, 5.41) is 0. The van der Waals surface area contributed by atoms with Crippen LogP contribution < -0.4 is 5.73 Å². The summed E-state index contributed by atoms with van der Waals surface area (Å²) in [6.45, 7) is 0.393. The first kappa shape index (κ1) is 8.50. The van der Waals surface area contributed by atoms with Gasteiger partial charge in [-0.2, -0.15) is 0 Å². The van der Waals surface area contributed by atoms with E-state index in [2.05, 4.69) is 21.8 Å². The van der Waals surface area contributed by atoms with Crippen molar-refractivity contribution in [1.82, 2.24) is 9.97 Å². The van der Waals surface area contributed by atoms with E-state index >= 15 is 0 Å². The molecule has 1 aromatic rings. The van der Waals surface area contributed by atoms with Gasteiger partial charge in [0.15, 0.2) is 0 Å². The molecule has 0 spiro atoms. The smallest absolute Gasteiger partial charge is 0.221 e. The zero-order chi connectivity index (χ0) is 8.81. The minimum atomic E-state index is 0.235. The average molecular weight is 163 g/mol. The van der Waals surface area contributed by atoms with Gasteiger partial charge in [-0.1, -0.05) is 5.92 Å². The number of hydrogen-bond donors (Lipinski definition) is 1. The van der Waals surface area contributed by atoms with Crippen molar-refractivity contribution in [3.8, 4) is 11.8 Å². The molecule has 0 unspecified atom stereocenters. The molecule has 0 aliphatic rings. The summed E-state index contributed by atoms with van der Waals surface area (Å²) < 4.78 is 4.75. The lowest BCUT2D eigenvalue weighted by Crippen LogP contribution is -1.95. The van der Waals surface area contributed by atoms with E-state index in [9.17, 15) is 0 Å². The molecule has 4 nitrogen and oxygen atoms in total. The first-order chi connectivity index (χ1) is 5.83. The van der Waals surface area contributed by atoms with Crippen LogP contribution in [-0.4, -0.2) is 23.7 Å². The van der Waals surface area contributed by atoms with Crippen LogP contribution in [0.2, 0.25) is 0 Å². The number of nitrogen functional groups attached to an aromatic ring is 1. The van der Waals surface area contributed by atoms with E-state index in [-0.39, 0.29) is 5.95 Å². The quantitative estimate of drug-likeness (QED) is 0.594. The van der Waals surface area contributed by atoms with Crippen LogP contribution in [-0.2, 0) is 4.74 Å². The van der Waals surface area contributed by atoms with Gasteiger partial charge >= 0.3 is 0 Å². The highest BCUT2D eigenvalue weighted by Crippen LogP contribution is 1.92. The summed E-state index contributed by atoms with van der Waals surface area (Å²) in [5.74, 6) is 5.78. The number of nitrogens with zero attached hydrogens (tertiary/aromatic N) is 2. The molecule has 1 heterocycles. The van der Waals surface area contributed by atoms with Crippen molar-refractivity contribution in [3.05, 3.63) is 18.0 Å². The fourth-order valence-corrected chi connectivity index (χ4v) is 0.642. The van der Waals surface area contributed by atoms with Gasteiger partial charge < -0.3 is 10.5 Å². The van der Waals surface area contributed by atoms with E-state index in [1.54, 1.807) is 19.4 Å². The van der Waals surface area contributed by atoms with Gasteiger partial charge in [-0.3, -0.25) is 0 Å². The summed E-state index contributed by atoms with van der Waals surface area (Å²) in [5.41, 5.74) is 5.95. The average Bonchev–Trinajstić information content (AvgIpc) is 2.05. The number of rotatable bonds is 1. The summed E-state index contributed by atoms with van der Waals surface area (Å²) in [7, 11) is 1.59. The molecule has 0 aliphatic carbocycles. The number of methoxy groups -OCH3 is 1. The fraction of sp³-hybridized carbons (Fsp3) is 0.250. The van der Waals surface area contributed by atoms with Crippen molar-refractivity contribution in [2.75, 3.05) is 19.5 Å². The van der Waals surface area contributed by atoms with E-state index in [1.165, 1.54) is 0 Å². The minimum absolute atomic E-state index is 0.235. The van der Waals surface area contributed by atoms with Crippen molar-refractivity contribution in [2.45, 2.75) is 0 Å². The third-order valence-corrected chi connectivity index (χ3v) is 1.11. The van der Waals surface area contributed by atoms with Crippen molar-refractivity contribution in [1.29, 1.82) is 0 Å². The molecule has 0 aromatic carbocycles. The molecule has 4 heteroatoms. The molecule has 1 rings (SSSR count). The third-order valence-electron chi connectivity index (χ3n) is 1.11. The maximum absolute atomic E-state index is 5.34. The van der Waals surface area contributed by atoms with Crippen molar-refractivity contribution in [3.63, 3.8) is 0 Å². The Balaban J connectivity index is 2.71. The van der Waals surface area contributed by atoms with Crippen LogP contribution in [0.1, 0.15) is 5.69 Å². The molecule has 12 heavy (non-hydrogen) atoms. The molecule has 0 amide bonds. The normalized spacial score (nSPS) is 8.75. The zero-order valence-electron chi connectivity index (χ0n) is 6.74. The highest BCUT2D eigenvalue weighted by molar-refractivity contribution is 5.30. The predicted molar refractivity (Wildman–Crippen MR) is 45.2 cm³/mol. The predicted octanol–water partition coefficient (Wildman–Crippen LogP) is 0.0567. The highest BCUT2D eigenvalue weighted by Gasteiger charge is 1.88. The molecule has 0 radical (unpaired) electrons. The lowest BCUT2D eigenvalue weighted by atomic mass is 10.4. The molecule has 0 atom stereocenters. The Hall–Kier alpha value is -1.60. The molecule has 0 bridgehead atoms. The Morgan fingerprint density at radius 1 is 1.67 bits per heavy atom. The second-order valence-corrected chi connectivity index (χ2v) is 2.03. The summed E-state index contributed by atoms with van der Waals surface area (Å²) in [4.78, 5) is 7.62. The van der Waals surface area contributed by atoms with Crippen LogP contribution in [0.5, 0.6) is 0 Å². The monoisotopic (exact) mass is 163 g/mol. The lowest BCUT2D eigenvalue weighted by molar-refractivity contribution is 0.240. The van der Waals surface area contributed by atoms with Gasteiger partial charge in [0.1, 0.15) is 12.3 Å². The molecule has 62 valence electrons. The van der Waals surface area contributed by atoms with Crippen molar-refractivity contribution >= 4 is 5.95 Å². The first-order valence-corrected chi connectivity index (χ1v) is 3.39. The first-order valence-electron chi connectivity index (χ1n) is 3.39. The minimum Gasteiger partial charge on any atom is -0.372 e. The number of anilines is 1. The van der Waals surface area contributed by atoms with Crippen molar-refractivity contribution in [2.24, 2.45) is 0 Å². The Labute approximate surface area is 70.8 Å². The number of aromatic nitrogens is 2. The van der Waals surface area contributed by atoms with E-state index < -0.39 is 0 Å². The van der Waals surface area contributed by atoms with E-state index in [0.717, 1.165) is 0 Å². The molecule has 0 aliphatic heterocycles. The van der Waals surface area contributed by atoms with Gasteiger partial charge in [0.25, 0.3) is 0 Å². The Bertz CT molecular complexity index is 314. The molecular weight excluding hydrogens is 154 g/mol. The number of hydrogen-bond acceptors (Lipinski definition) is 4. The SMILES string of the molecule is COCC#Cc1ccnc(N)n1. The molecule has 0 fully saturated rings. The standard InChI is InChI=1S/C8H9N3O/c1-12-6-2-3-7-4-5-10-8(9)11-7/h4-5H,6H2,1H3,(H2,9,10,11). The van der Waals surface area contributed by atoms with Gasteiger partial charge in [0.2, 0.25) is 5.95 Å². The molecular formula is C8H9N3O. The van der Waals surface area contributed by atoms with Crippen molar-refractivity contribution < 1.29 is 4.74 Å². The lowest BCUT2D eigenvalue weighted by Gasteiger charge is -1.90. The maximum atomic E-state index is 5.34. The second-order valence-electron chi connectivity index (χ2n) is 2.03. The summed E-state index contributed by atoms with van der Waals surface area (Å²) in [6.07, 6.45) is 1.57. The van der Waals surface area contributed by atoms with Crippen LogP contribution in [0.3, 0.4) is 0 Å². The van der Waals surface area contributed by atoms with Gasteiger partial charge in [-0.05, 0) is 12.0 Å². The fourth-order valence-electron chi connectivity index (χ4n) is 0.642. The number of ether oxygens (including phenoxy) is 1. The third kappa shape index (κ3) is 2.56. The van der Waals surface area contributed by atoms with Gasteiger partial charge in [-0.15, -0.1) is 0 Å². The summed E-state index contributed by atoms with van der Waals surface area (Å²) >= 11 is 0. The number of nitrogens with two attached hydrogens (primary N) is 1. The van der Waals surface area contributed by atoms with Crippen LogP contribution in [0, 0.1) is 11.8 Å². The summed E-state index contributed by atoms with van der Waals surface area (Å²) in [6, 6.07) is 1.69. The maximum Gasteiger partial charge on any atom is 0.221 e. The zero-order valence-corrected chi connectivity index (χ0v) is 6.74. The Morgan fingerprint density at radius 2 is 2.50 bits per heavy atom. The molecule has 0 saturated heterocycles. The topological polar surface area (TPSA) is 61.0 Å². The largest absolute Gasteiger partial charge is 0.372 e. The Kier molecular flexibility index (Phi) is 3.05. The van der Waals surface area contributed by atoms with E-state index in [0.29, 0.717) is 12.3 Å². The van der Waals surface area contributed by atoms with Crippen LogP contribution >= 0.6 is 0 Å². The van der Waals surface area contributed by atoms with E-state index in [4.69, 9.17) is 10.5 Å². The van der Waals surface area contributed by atoms with Crippen LogP contribution in [0.25, 0.3) is 0 Å².